The first kappa shape index (κ1) is 17.1. The molecule has 2 amide bonds. The van der Waals surface area contributed by atoms with Crippen molar-refractivity contribution in [3.05, 3.63) is 59.7 Å². The number of likely N-dealkylation sites (tertiary alicyclic amines) is 1. The lowest BCUT2D eigenvalue weighted by molar-refractivity contribution is 0.192. The highest BCUT2D eigenvalue weighted by atomic mass is 16.5. The smallest absolute Gasteiger partial charge is 0.318 e. The molecule has 2 aromatic carbocycles. The number of hydrogen-bond donors (Lipinski definition) is 1. The van der Waals surface area contributed by atoms with Gasteiger partial charge in [0.2, 0.25) is 0 Å². The van der Waals surface area contributed by atoms with Gasteiger partial charge < -0.3 is 19.7 Å². The molecular formula is C20H24N2O3. The van der Waals surface area contributed by atoms with Crippen molar-refractivity contribution in [1.82, 2.24) is 10.2 Å². The van der Waals surface area contributed by atoms with Gasteiger partial charge in [0.15, 0.2) is 0 Å². The Balaban J connectivity index is 1.61. The molecular weight excluding hydrogens is 316 g/mol. The van der Waals surface area contributed by atoms with Crippen LogP contribution in [0.3, 0.4) is 0 Å². The Morgan fingerprint density at radius 3 is 2.24 bits per heavy atom. The predicted octanol–water partition coefficient (Wildman–Crippen LogP) is 3.75. The van der Waals surface area contributed by atoms with E-state index >= 15 is 0 Å². The molecule has 1 heterocycles. The number of carbonyl (C=O) groups is 1. The molecule has 5 nitrogen and oxygen atoms in total. The molecule has 132 valence electrons. The molecule has 1 saturated heterocycles. The van der Waals surface area contributed by atoms with Crippen molar-refractivity contribution in [1.29, 1.82) is 0 Å². The monoisotopic (exact) mass is 340 g/mol. The highest BCUT2D eigenvalue weighted by molar-refractivity contribution is 5.75. The number of ether oxygens (including phenoxy) is 2. The predicted molar refractivity (Wildman–Crippen MR) is 96.9 cm³/mol. The van der Waals surface area contributed by atoms with Gasteiger partial charge in [0, 0.05) is 13.1 Å². The fourth-order valence-corrected chi connectivity index (χ4v) is 3.21. The molecule has 25 heavy (non-hydrogen) atoms. The van der Waals surface area contributed by atoms with Crippen LogP contribution in [-0.2, 0) is 6.54 Å². The summed E-state index contributed by atoms with van der Waals surface area (Å²) in [4.78, 5) is 14.5. The summed E-state index contributed by atoms with van der Waals surface area (Å²) in [5, 5.41) is 3.02. The Bertz CT molecular complexity index is 698. The second-order valence-corrected chi connectivity index (χ2v) is 6.13. The number of carbonyl (C=O) groups excluding carboxylic acids is 1. The van der Waals surface area contributed by atoms with Gasteiger partial charge in [0.1, 0.15) is 11.5 Å². The second-order valence-electron chi connectivity index (χ2n) is 6.13. The van der Waals surface area contributed by atoms with Gasteiger partial charge in [-0.2, -0.15) is 0 Å². The fourth-order valence-electron chi connectivity index (χ4n) is 3.21. The van der Waals surface area contributed by atoms with E-state index in [4.69, 9.17) is 9.47 Å². The third-order valence-corrected chi connectivity index (χ3v) is 4.62. The average Bonchev–Trinajstić information content (AvgIpc) is 3.16. The summed E-state index contributed by atoms with van der Waals surface area (Å²) in [7, 11) is 3.30. The van der Waals surface area contributed by atoms with E-state index in [2.05, 4.69) is 5.32 Å². The van der Waals surface area contributed by atoms with Gasteiger partial charge in [-0.1, -0.05) is 24.3 Å². The van der Waals surface area contributed by atoms with E-state index in [0.717, 1.165) is 42.0 Å². The van der Waals surface area contributed by atoms with Crippen molar-refractivity contribution in [2.75, 3.05) is 20.8 Å². The van der Waals surface area contributed by atoms with Crippen molar-refractivity contribution in [2.24, 2.45) is 0 Å². The number of nitrogens with zero attached hydrogens (tertiary/aromatic N) is 1. The largest absolute Gasteiger partial charge is 0.497 e. The number of amides is 2. The first-order valence-electron chi connectivity index (χ1n) is 8.52. The lowest BCUT2D eigenvalue weighted by Gasteiger charge is -2.25. The standard InChI is InChI=1S/C20H24N2O3/c1-24-17-9-5-15(6-10-17)14-21-20(23)22-13-3-4-19(22)16-7-11-18(25-2)12-8-16/h5-12,19H,3-4,13-14H2,1-2H3,(H,21,23). The minimum absolute atomic E-state index is 0.0193. The summed E-state index contributed by atoms with van der Waals surface area (Å²) in [5.74, 6) is 1.64. The zero-order valence-corrected chi connectivity index (χ0v) is 14.7. The van der Waals surface area contributed by atoms with Crippen molar-refractivity contribution in [3.8, 4) is 11.5 Å². The van der Waals surface area contributed by atoms with Crippen LogP contribution < -0.4 is 14.8 Å². The van der Waals surface area contributed by atoms with Crippen LogP contribution in [0.4, 0.5) is 4.79 Å². The van der Waals surface area contributed by atoms with Crippen molar-refractivity contribution < 1.29 is 14.3 Å². The third kappa shape index (κ3) is 4.05. The summed E-state index contributed by atoms with van der Waals surface area (Å²) in [6, 6.07) is 15.8. The molecule has 5 heteroatoms. The van der Waals surface area contributed by atoms with E-state index in [-0.39, 0.29) is 12.1 Å². The lowest BCUT2D eigenvalue weighted by atomic mass is 10.0. The maximum atomic E-state index is 12.6. The minimum atomic E-state index is -0.0193. The topological polar surface area (TPSA) is 50.8 Å². The Hall–Kier alpha value is -2.69. The molecule has 1 aliphatic heterocycles. The first-order valence-corrected chi connectivity index (χ1v) is 8.52. The molecule has 0 saturated carbocycles. The van der Waals surface area contributed by atoms with Gasteiger partial charge in [0.05, 0.1) is 20.3 Å². The summed E-state index contributed by atoms with van der Waals surface area (Å²) in [6.45, 7) is 1.29. The maximum absolute atomic E-state index is 12.6. The maximum Gasteiger partial charge on any atom is 0.318 e. The number of rotatable bonds is 5. The molecule has 2 aromatic rings. The van der Waals surface area contributed by atoms with E-state index in [1.54, 1.807) is 14.2 Å². The summed E-state index contributed by atoms with van der Waals surface area (Å²) in [6.07, 6.45) is 2.01. The van der Waals surface area contributed by atoms with Crippen LogP contribution >= 0.6 is 0 Å². The normalized spacial score (nSPS) is 16.6. The van der Waals surface area contributed by atoms with Crippen LogP contribution in [0.2, 0.25) is 0 Å². The second kappa shape index (κ2) is 7.92. The fraction of sp³-hybridized carbons (Fsp3) is 0.350. The van der Waals surface area contributed by atoms with Crippen LogP contribution in [0.5, 0.6) is 11.5 Å². The molecule has 1 fully saturated rings. The van der Waals surface area contributed by atoms with E-state index < -0.39 is 0 Å². The van der Waals surface area contributed by atoms with Crippen LogP contribution in [0.1, 0.15) is 30.0 Å². The SMILES string of the molecule is COc1ccc(CNC(=O)N2CCCC2c2ccc(OC)cc2)cc1. The number of nitrogens with one attached hydrogen (secondary N) is 1. The molecule has 1 N–H and O–H groups in total. The molecule has 1 aliphatic rings. The Morgan fingerprint density at radius 2 is 1.64 bits per heavy atom. The van der Waals surface area contributed by atoms with Gasteiger partial charge in [-0.05, 0) is 48.2 Å². The quantitative estimate of drug-likeness (QED) is 0.902. The molecule has 0 bridgehead atoms. The van der Waals surface area contributed by atoms with E-state index in [1.165, 1.54) is 0 Å². The van der Waals surface area contributed by atoms with Crippen molar-refractivity contribution >= 4 is 6.03 Å². The van der Waals surface area contributed by atoms with E-state index in [1.807, 2.05) is 53.4 Å². The van der Waals surface area contributed by atoms with Gasteiger partial charge in [0.25, 0.3) is 0 Å². The zero-order chi connectivity index (χ0) is 17.6. The van der Waals surface area contributed by atoms with Gasteiger partial charge in [-0.25, -0.2) is 4.79 Å². The third-order valence-electron chi connectivity index (χ3n) is 4.62. The van der Waals surface area contributed by atoms with Crippen LogP contribution in [0, 0.1) is 0 Å². The van der Waals surface area contributed by atoms with Gasteiger partial charge in [-0.15, -0.1) is 0 Å². The van der Waals surface area contributed by atoms with E-state index in [0.29, 0.717) is 6.54 Å². The molecule has 0 aliphatic carbocycles. The number of hydrogen-bond acceptors (Lipinski definition) is 3. The molecule has 0 aromatic heterocycles. The molecule has 1 atom stereocenters. The van der Waals surface area contributed by atoms with Crippen LogP contribution in [-0.4, -0.2) is 31.7 Å². The van der Waals surface area contributed by atoms with Gasteiger partial charge >= 0.3 is 6.03 Å². The number of methoxy groups -OCH3 is 2. The number of benzene rings is 2. The molecule has 3 rings (SSSR count). The molecule has 0 radical (unpaired) electrons. The molecule has 0 spiro atoms. The summed E-state index contributed by atoms with van der Waals surface area (Å²) in [5.41, 5.74) is 2.20. The summed E-state index contributed by atoms with van der Waals surface area (Å²) < 4.78 is 10.4. The van der Waals surface area contributed by atoms with Crippen molar-refractivity contribution in [2.45, 2.75) is 25.4 Å². The lowest BCUT2D eigenvalue weighted by Crippen LogP contribution is -2.39. The minimum Gasteiger partial charge on any atom is -0.497 e. The first-order chi connectivity index (χ1) is 12.2. The highest BCUT2D eigenvalue weighted by Crippen LogP contribution is 2.32. The molecule has 1 unspecified atom stereocenters. The van der Waals surface area contributed by atoms with Crippen LogP contribution in [0.25, 0.3) is 0 Å². The zero-order valence-electron chi connectivity index (χ0n) is 14.7. The van der Waals surface area contributed by atoms with Crippen LogP contribution in [0.15, 0.2) is 48.5 Å². The average molecular weight is 340 g/mol. The van der Waals surface area contributed by atoms with Gasteiger partial charge in [-0.3, -0.25) is 0 Å². The highest BCUT2D eigenvalue weighted by Gasteiger charge is 2.29. The van der Waals surface area contributed by atoms with Crippen molar-refractivity contribution in [3.63, 3.8) is 0 Å². The number of urea groups is 1. The van der Waals surface area contributed by atoms with E-state index in [9.17, 15) is 4.79 Å². The Labute approximate surface area is 148 Å². The summed E-state index contributed by atoms with van der Waals surface area (Å²) >= 11 is 0. The Kier molecular flexibility index (Phi) is 5.43. The Morgan fingerprint density at radius 1 is 1.04 bits per heavy atom.